The second-order valence-electron chi connectivity index (χ2n) is 14.9. The number of phenols is 1. The number of rotatable bonds is 16. The number of carbonyl (C=O) groups excluding carboxylic acids is 2. The lowest BCUT2D eigenvalue weighted by atomic mass is 9.81. The van der Waals surface area contributed by atoms with Crippen LogP contribution in [-0.2, 0) is 23.9 Å². The number of aliphatic hydroxyl groups excluding tert-OH is 3. The van der Waals surface area contributed by atoms with E-state index in [0.717, 1.165) is 11.1 Å². The number of phenolic OH excluding ortho intramolecular Hbond substituents is 1. The standard InChI is InChI=1S/C43H43N3O16/c1-22-14-23(2)16-26(15-22)34-32-25(10-12-45-32)18-46(34)62-38-41(59-28-8-9-29-31(17-28)58-19-30(35(29)51)24-4-6-27(50)7-5-24)60-37(36(52)42(38,56)20-48)43(57,21-49)61-40(55)33(39(53)54)44-11-3-13-47/h4-10,12-19,33,36-38,41,44-45,48-50,52,56-57H,3,11,20-21H2,1-2H3,(H,53,54)/t33-,36+,37-,38-,41+,42-,43-/m1/s1. The molecule has 1 fully saturated rings. The van der Waals surface area contributed by atoms with Gasteiger partial charge in [-0.25, -0.2) is 9.59 Å². The summed E-state index contributed by atoms with van der Waals surface area (Å²) in [7, 11) is 0. The lowest BCUT2D eigenvalue weighted by Crippen LogP contribution is -2.76. The maximum absolute atomic E-state index is 13.6. The molecule has 6 aromatic rings. The van der Waals surface area contributed by atoms with Crippen molar-refractivity contribution in [1.82, 2.24) is 15.0 Å². The number of esters is 1. The number of aromatic amines is 1. The van der Waals surface area contributed by atoms with Crippen LogP contribution in [0.5, 0.6) is 11.5 Å². The highest BCUT2D eigenvalue weighted by molar-refractivity contribution is 5.98. The van der Waals surface area contributed by atoms with E-state index in [1.807, 2.05) is 32.0 Å². The number of carbonyl (C=O) groups is 3. The van der Waals surface area contributed by atoms with Crippen LogP contribution in [0.2, 0.25) is 0 Å². The highest BCUT2D eigenvalue weighted by Crippen LogP contribution is 2.39. The zero-order chi connectivity index (χ0) is 44.5. The van der Waals surface area contributed by atoms with Crippen molar-refractivity contribution in [2.24, 2.45) is 0 Å². The minimum Gasteiger partial charge on any atom is -0.508 e. The Balaban J connectivity index is 1.31. The van der Waals surface area contributed by atoms with Gasteiger partial charge in [-0.2, -0.15) is 4.73 Å². The Morgan fingerprint density at radius 1 is 1.05 bits per heavy atom. The van der Waals surface area contributed by atoms with Crippen LogP contribution in [0.25, 0.3) is 44.3 Å². The second-order valence-corrected chi connectivity index (χ2v) is 14.9. The van der Waals surface area contributed by atoms with Gasteiger partial charge < -0.3 is 69.0 Å². The van der Waals surface area contributed by atoms with Gasteiger partial charge in [0.15, 0.2) is 17.1 Å². The summed E-state index contributed by atoms with van der Waals surface area (Å²) >= 11 is 0. The Bertz CT molecular complexity index is 2650. The van der Waals surface area contributed by atoms with Crippen LogP contribution in [0.4, 0.5) is 0 Å². The molecule has 0 unspecified atom stereocenters. The Morgan fingerprint density at radius 2 is 1.77 bits per heavy atom. The summed E-state index contributed by atoms with van der Waals surface area (Å²) in [4.78, 5) is 59.1. The molecular weight excluding hydrogens is 814 g/mol. The van der Waals surface area contributed by atoms with E-state index in [-0.39, 0.29) is 41.0 Å². The predicted molar refractivity (Wildman–Crippen MR) is 217 cm³/mol. The molecule has 0 spiro atoms. The average Bonchev–Trinajstić information content (AvgIpc) is 3.83. The molecule has 0 bridgehead atoms. The number of nitrogens with zero attached hydrogens (tertiary/aromatic N) is 1. The van der Waals surface area contributed by atoms with Crippen LogP contribution in [0.15, 0.2) is 94.6 Å². The number of aryl methyl sites for hydroxylation is 2. The van der Waals surface area contributed by atoms with Crippen molar-refractivity contribution in [1.29, 1.82) is 0 Å². The van der Waals surface area contributed by atoms with Gasteiger partial charge in [-0.15, -0.1) is 0 Å². The van der Waals surface area contributed by atoms with Crippen molar-refractivity contribution in [2.45, 2.75) is 62.3 Å². The molecule has 19 nitrogen and oxygen atoms in total. The van der Waals surface area contributed by atoms with Gasteiger partial charge in [0, 0.05) is 36.2 Å². The van der Waals surface area contributed by atoms with Gasteiger partial charge in [0.05, 0.1) is 29.3 Å². The number of hydrogen-bond donors (Lipinski definition) is 9. The molecule has 3 aromatic heterocycles. The summed E-state index contributed by atoms with van der Waals surface area (Å²) in [5, 5.41) is 79.6. The number of carboxylic acids is 1. The van der Waals surface area contributed by atoms with Crippen molar-refractivity contribution >= 4 is 40.1 Å². The average molecular weight is 858 g/mol. The summed E-state index contributed by atoms with van der Waals surface area (Å²) in [5.74, 6) is -6.92. The number of fused-ring (bicyclic) bond motifs is 2. The number of aliphatic hydroxyl groups is 5. The number of aldehydes is 1. The fourth-order valence-corrected chi connectivity index (χ4v) is 7.43. The molecule has 0 aliphatic carbocycles. The number of H-pyrrole nitrogens is 1. The van der Waals surface area contributed by atoms with Crippen molar-refractivity contribution in [3.8, 4) is 33.9 Å². The third kappa shape index (κ3) is 8.25. The molecular formula is C43H43N3O16. The summed E-state index contributed by atoms with van der Waals surface area (Å²) in [6.07, 6.45) is -4.12. The van der Waals surface area contributed by atoms with Gasteiger partial charge >= 0.3 is 11.9 Å². The van der Waals surface area contributed by atoms with Crippen LogP contribution in [-0.4, -0.2) is 125 Å². The first-order chi connectivity index (χ1) is 29.6. The molecule has 19 heteroatoms. The fraction of sp³-hybridized carbons (Fsp3) is 0.302. The number of carboxylic acid groups (broad SMARTS) is 1. The van der Waals surface area contributed by atoms with E-state index in [0.29, 0.717) is 34.0 Å². The number of nitrogens with one attached hydrogen (secondary N) is 2. The fourth-order valence-electron chi connectivity index (χ4n) is 7.43. The molecule has 326 valence electrons. The Kier molecular flexibility index (Phi) is 12.2. The smallest absolute Gasteiger partial charge is 0.337 e. The number of aliphatic carboxylic acids is 1. The molecule has 1 aliphatic heterocycles. The number of hydrogen-bond acceptors (Lipinski definition) is 16. The highest BCUT2D eigenvalue weighted by Gasteiger charge is 2.64. The van der Waals surface area contributed by atoms with Gasteiger partial charge in [-0.1, -0.05) is 29.3 Å². The quantitative estimate of drug-likeness (QED) is 0.0218. The molecule has 1 saturated heterocycles. The summed E-state index contributed by atoms with van der Waals surface area (Å²) in [5.41, 5.74) is 0.822. The molecule has 0 radical (unpaired) electrons. The van der Waals surface area contributed by atoms with Gasteiger partial charge in [0.2, 0.25) is 18.4 Å². The maximum Gasteiger partial charge on any atom is 0.337 e. The summed E-state index contributed by atoms with van der Waals surface area (Å²) in [6, 6.07) is 15.1. The first-order valence-electron chi connectivity index (χ1n) is 19.2. The zero-order valence-electron chi connectivity index (χ0n) is 33.1. The number of ether oxygens (including phenoxy) is 3. The van der Waals surface area contributed by atoms with E-state index in [1.54, 1.807) is 18.5 Å². The summed E-state index contributed by atoms with van der Waals surface area (Å²) in [6.45, 7) is 0.613. The monoisotopic (exact) mass is 857 g/mol. The largest absolute Gasteiger partial charge is 0.508 e. The first-order valence-corrected chi connectivity index (χ1v) is 19.2. The van der Waals surface area contributed by atoms with Gasteiger partial charge in [-0.05, 0) is 61.9 Å². The van der Waals surface area contributed by atoms with E-state index >= 15 is 0 Å². The minimum atomic E-state index is -3.33. The zero-order valence-corrected chi connectivity index (χ0v) is 33.1. The number of benzene rings is 3. The predicted octanol–water partition coefficient (Wildman–Crippen LogP) is 1.27. The van der Waals surface area contributed by atoms with Crippen molar-refractivity contribution in [3.63, 3.8) is 0 Å². The highest BCUT2D eigenvalue weighted by atomic mass is 16.8. The normalized spacial score (nSPS) is 21.6. The third-order valence-corrected chi connectivity index (χ3v) is 10.5. The number of aromatic nitrogens is 2. The number of aromatic hydroxyl groups is 1. The van der Waals surface area contributed by atoms with Gasteiger partial charge in [0.1, 0.15) is 48.0 Å². The molecule has 3 aromatic carbocycles. The lowest BCUT2D eigenvalue weighted by molar-refractivity contribution is -0.379. The maximum atomic E-state index is 13.6. The van der Waals surface area contributed by atoms with E-state index in [4.69, 9.17) is 23.5 Å². The van der Waals surface area contributed by atoms with Gasteiger partial charge in [0.25, 0.3) is 5.79 Å². The third-order valence-electron chi connectivity index (χ3n) is 10.5. The van der Waals surface area contributed by atoms with Crippen molar-refractivity contribution < 1.29 is 73.6 Å². The van der Waals surface area contributed by atoms with Crippen LogP contribution in [0, 0.1) is 13.8 Å². The molecule has 9 N–H and O–H groups in total. The van der Waals surface area contributed by atoms with E-state index in [9.17, 15) is 54.9 Å². The Hall–Kier alpha value is -6.58. The first kappa shape index (κ1) is 43.5. The summed E-state index contributed by atoms with van der Waals surface area (Å²) < 4.78 is 24.4. The topological polar surface area (TPSA) is 293 Å². The second kappa shape index (κ2) is 17.4. The molecule has 7 atom stereocenters. The van der Waals surface area contributed by atoms with E-state index < -0.39 is 72.6 Å². The van der Waals surface area contributed by atoms with Crippen LogP contribution in [0.3, 0.4) is 0 Å². The molecule has 4 heterocycles. The molecule has 62 heavy (non-hydrogen) atoms. The Morgan fingerprint density at radius 3 is 2.44 bits per heavy atom. The molecule has 1 aliphatic rings. The minimum absolute atomic E-state index is 0.00482. The Labute approximate surface area is 350 Å². The van der Waals surface area contributed by atoms with E-state index in [1.165, 1.54) is 53.5 Å². The van der Waals surface area contributed by atoms with Gasteiger partial charge in [-0.3, -0.25) is 10.1 Å². The van der Waals surface area contributed by atoms with Crippen LogP contribution < -0.4 is 20.3 Å². The van der Waals surface area contributed by atoms with Crippen LogP contribution >= 0.6 is 0 Å². The molecule has 0 amide bonds. The SMILES string of the molecule is Cc1cc(C)cc(-c2c3[nH]ccc3cn2O[C@@H]2[C@@H](Oc3ccc4c(=O)c(-c5ccc(O)cc5)coc4c3)O[C@@H]([C@@](O)(CO)OC(=O)[C@H](NCCC=O)C(=O)O)[C@H](O)[C@]2(O)CO)c1. The molecule has 0 saturated carbocycles. The van der Waals surface area contributed by atoms with Crippen molar-refractivity contribution in [2.75, 3.05) is 19.8 Å². The van der Waals surface area contributed by atoms with Crippen LogP contribution in [0.1, 0.15) is 17.5 Å². The van der Waals surface area contributed by atoms with Crippen molar-refractivity contribution in [3.05, 3.63) is 107 Å². The molecule has 7 rings (SSSR count). The van der Waals surface area contributed by atoms with E-state index in [2.05, 4.69) is 10.3 Å². The lowest BCUT2D eigenvalue weighted by Gasteiger charge is -2.51.